The Morgan fingerprint density at radius 2 is 1.50 bits per heavy atom. The summed E-state index contributed by atoms with van der Waals surface area (Å²) in [6.45, 7) is 8.70. The lowest BCUT2D eigenvalue weighted by Gasteiger charge is -2.07. The average Bonchev–Trinajstić information content (AvgIpc) is 2.04. The Hall–Kier alpha value is -0.850. The first kappa shape index (κ1) is 15.6. The van der Waals surface area contributed by atoms with Crippen LogP contribution in [0.5, 0.6) is 0 Å². The van der Waals surface area contributed by atoms with Crippen molar-refractivity contribution in [3.8, 4) is 0 Å². The number of aromatic nitrogens is 1. The van der Waals surface area contributed by atoms with Gasteiger partial charge in [0, 0.05) is 11.9 Å². The first-order valence-electron chi connectivity index (χ1n) is 4.57. The molecule has 0 radical (unpaired) electrons. The van der Waals surface area contributed by atoms with Gasteiger partial charge in [0.2, 0.25) is 0 Å². The fourth-order valence-corrected chi connectivity index (χ4v) is 1.10. The van der Waals surface area contributed by atoms with Gasteiger partial charge in [-0.1, -0.05) is 48.6 Å². The van der Waals surface area contributed by atoms with Crippen LogP contribution in [0.2, 0.25) is 0 Å². The molecule has 0 unspecified atom stereocenters. The maximum atomic E-state index is 4.40. The normalized spacial score (nSPS) is 9.57. The second-order valence-electron chi connectivity index (χ2n) is 3.83. The molecule has 1 nitrogen and oxygen atoms in total. The molecule has 0 bridgehead atoms. The van der Waals surface area contributed by atoms with Gasteiger partial charge in [-0.3, -0.25) is 4.98 Å². The Morgan fingerprint density at radius 3 is 1.79 bits per heavy atom. The largest absolute Gasteiger partial charge is 0.261 e. The molecule has 82 valence electrons. The van der Waals surface area contributed by atoms with Gasteiger partial charge in [0.15, 0.2) is 0 Å². The molecule has 0 aliphatic heterocycles. The molecule has 1 heterocycles. The van der Waals surface area contributed by atoms with E-state index in [1.54, 1.807) is 0 Å². The molecule has 0 N–H and O–H groups in total. The second kappa shape index (κ2) is 6.58. The highest BCUT2D eigenvalue weighted by atomic mass is 14.7. The van der Waals surface area contributed by atoms with Crippen LogP contribution in [0.4, 0.5) is 0 Å². The minimum atomic E-state index is 0. The Balaban J connectivity index is 0. The molecule has 1 rings (SSSR count). The summed E-state index contributed by atoms with van der Waals surface area (Å²) >= 11 is 0. The lowest BCUT2D eigenvalue weighted by atomic mass is 10.0. The van der Waals surface area contributed by atoms with Crippen molar-refractivity contribution in [2.24, 2.45) is 0 Å². The minimum absolute atomic E-state index is 0. The average molecular weight is 195 g/mol. The third kappa shape index (κ3) is 3.91. The van der Waals surface area contributed by atoms with Crippen LogP contribution >= 0.6 is 0 Å². The van der Waals surface area contributed by atoms with Crippen molar-refractivity contribution in [3.63, 3.8) is 0 Å². The highest BCUT2D eigenvalue weighted by Crippen LogP contribution is 2.16. The lowest BCUT2D eigenvalue weighted by Crippen LogP contribution is -1.94. The van der Waals surface area contributed by atoms with Crippen molar-refractivity contribution in [2.45, 2.75) is 54.4 Å². The zero-order valence-corrected chi connectivity index (χ0v) is 8.33. The van der Waals surface area contributed by atoms with Crippen LogP contribution in [0, 0.1) is 0 Å². The van der Waals surface area contributed by atoms with Crippen LogP contribution in [-0.2, 0) is 0 Å². The van der Waals surface area contributed by atoms with E-state index in [9.17, 15) is 0 Å². The molecule has 0 atom stereocenters. The zero-order chi connectivity index (χ0) is 9.14. The molecule has 0 aliphatic carbocycles. The topological polar surface area (TPSA) is 12.9 Å². The third-order valence-electron chi connectivity index (χ3n) is 2.07. The van der Waals surface area contributed by atoms with Crippen LogP contribution in [0.1, 0.15) is 65.6 Å². The highest BCUT2D eigenvalue weighted by Gasteiger charge is 2.02. The Labute approximate surface area is 89.6 Å². The standard InChI is InChI=1S/C11H17N.2CH4/c1-8(2)10-5-6-11(9(3)4)12-7-10;;/h5-9H,1-4H3;2*1H4. The fourth-order valence-electron chi connectivity index (χ4n) is 1.10. The number of nitrogens with zero attached hydrogens (tertiary/aromatic N) is 1. The fraction of sp³-hybridized carbons (Fsp3) is 0.615. The molecule has 0 fully saturated rings. The number of rotatable bonds is 2. The van der Waals surface area contributed by atoms with Gasteiger partial charge in [-0.25, -0.2) is 0 Å². The van der Waals surface area contributed by atoms with Crippen molar-refractivity contribution >= 4 is 0 Å². The van der Waals surface area contributed by atoms with Gasteiger partial charge in [-0.05, 0) is 23.5 Å². The predicted octanol–water partition coefficient (Wildman–Crippen LogP) is 4.60. The third-order valence-corrected chi connectivity index (χ3v) is 2.07. The SMILES string of the molecule is C.C.CC(C)c1ccc(C(C)C)nc1. The molecule has 0 aliphatic rings. The Kier molecular flexibility index (Phi) is 7.34. The van der Waals surface area contributed by atoms with E-state index in [0.29, 0.717) is 11.8 Å². The molecule has 0 saturated carbocycles. The molecule has 0 aromatic carbocycles. The summed E-state index contributed by atoms with van der Waals surface area (Å²) in [5, 5.41) is 0. The maximum Gasteiger partial charge on any atom is 0.0429 e. The summed E-state index contributed by atoms with van der Waals surface area (Å²) in [6.07, 6.45) is 1.99. The highest BCUT2D eigenvalue weighted by molar-refractivity contribution is 5.18. The lowest BCUT2D eigenvalue weighted by molar-refractivity contribution is 0.802. The Morgan fingerprint density at radius 1 is 0.929 bits per heavy atom. The second-order valence-corrected chi connectivity index (χ2v) is 3.83. The summed E-state index contributed by atoms with van der Waals surface area (Å²) in [6, 6.07) is 4.30. The number of hydrogen-bond donors (Lipinski definition) is 0. The van der Waals surface area contributed by atoms with E-state index in [1.807, 2.05) is 6.20 Å². The molecule has 1 heteroatoms. The van der Waals surface area contributed by atoms with Gasteiger partial charge in [0.1, 0.15) is 0 Å². The number of hydrogen-bond acceptors (Lipinski definition) is 1. The molecule has 1 aromatic rings. The van der Waals surface area contributed by atoms with Crippen molar-refractivity contribution in [2.75, 3.05) is 0 Å². The molecular formula is C13H25N. The summed E-state index contributed by atoms with van der Waals surface area (Å²) in [4.78, 5) is 4.40. The van der Waals surface area contributed by atoms with Crippen molar-refractivity contribution < 1.29 is 0 Å². The molecule has 1 aromatic heterocycles. The van der Waals surface area contributed by atoms with Gasteiger partial charge >= 0.3 is 0 Å². The summed E-state index contributed by atoms with van der Waals surface area (Å²) in [7, 11) is 0. The quantitative estimate of drug-likeness (QED) is 0.672. The van der Waals surface area contributed by atoms with E-state index >= 15 is 0 Å². The van der Waals surface area contributed by atoms with Crippen LogP contribution in [0.15, 0.2) is 18.3 Å². The summed E-state index contributed by atoms with van der Waals surface area (Å²) in [5.41, 5.74) is 2.50. The first-order chi connectivity index (χ1) is 5.61. The van der Waals surface area contributed by atoms with E-state index in [0.717, 1.165) is 0 Å². The van der Waals surface area contributed by atoms with Gasteiger partial charge in [-0.2, -0.15) is 0 Å². The van der Waals surface area contributed by atoms with E-state index in [2.05, 4.69) is 44.8 Å². The van der Waals surface area contributed by atoms with Crippen LogP contribution in [0.25, 0.3) is 0 Å². The van der Waals surface area contributed by atoms with Gasteiger partial charge in [0.25, 0.3) is 0 Å². The molecular weight excluding hydrogens is 170 g/mol. The minimum Gasteiger partial charge on any atom is -0.261 e. The van der Waals surface area contributed by atoms with Crippen LogP contribution in [-0.4, -0.2) is 4.98 Å². The maximum absolute atomic E-state index is 4.40. The zero-order valence-electron chi connectivity index (χ0n) is 8.33. The Bertz CT molecular complexity index is 207. The van der Waals surface area contributed by atoms with Crippen molar-refractivity contribution in [3.05, 3.63) is 29.6 Å². The van der Waals surface area contributed by atoms with Crippen molar-refractivity contribution in [1.29, 1.82) is 0 Å². The van der Waals surface area contributed by atoms with Gasteiger partial charge in [0.05, 0.1) is 0 Å². The van der Waals surface area contributed by atoms with Crippen LogP contribution in [0.3, 0.4) is 0 Å². The monoisotopic (exact) mass is 195 g/mol. The van der Waals surface area contributed by atoms with E-state index in [1.165, 1.54) is 11.3 Å². The molecule has 0 spiro atoms. The smallest absolute Gasteiger partial charge is 0.0429 e. The summed E-state index contributed by atoms with van der Waals surface area (Å²) < 4.78 is 0. The number of pyridine rings is 1. The molecule has 14 heavy (non-hydrogen) atoms. The van der Waals surface area contributed by atoms with Crippen LogP contribution < -0.4 is 0 Å². The molecule has 0 amide bonds. The van der Waals surface area contributed by atoms with Gasteiger partial charge in [-0.15, -0.1) is 0 Å². The van der Waals surface area contributed by atoms with Crippen molar-refractivity contribution in [1.82, 2.24) is 4.98 Å². The van der Waals surface area contributed by atoms with E-state index in [4.69, 9.17) is 0 Å². The van der Waals surface area contributed by atoms with E-state index < -0.39 is 0 Å². The predicted molar refractivity (Wildman–Crippen MR) is 65.9 cm³/mol. The van der Waals surface area contributed by atoms with Gasteiger partial charge < -0.3 is 0 Å². The molecule has 0 saturated heterocycles. The summed E-state index contributed by atoms with van der Waals surface area (Å²) in [5.74, 6) is 1.12. The van der Waals surface area contributed by atoms with E-state index in [-0.39, 0.29) is 14.9 Å². The first-order valence-corrected chi connectivity index (χ1v) is 4.57.